The van der Waals surface area contributed by atoms with Crippen LogP contribution in [0, 0.1) is 12.8 Å². The van der Waals surface area contributed by atoms with Crippen LogP contribution in [0.25, 0.3) is 5.78 Å². The number of halogens is 3. The van der Waals surface area contributed by atoms with Crippen molar-refractivity contribution in [3.05, 3.63) is 17.6 Å². The molecule has 2 atom stereocenters. The first-order valence-corrected chi connectivity index (χ1v) is 8.58. The number of hydrogen-bond donors (Lipinski definition) is 2. The number of alkyl halides is 3. The van der Waals surface area contributed by atoms with E-state index in [0.717, 1.165) is 43.0 Å². The zero-order valence-corrected chi connectivity index (χ0v) is 14.1. The highest BCUT2D eigenvalue weighted by Crippen LogP contribution is 2.28. The molecule has 0 amide bonds. The van der Waals surface area contributed by atoms with Crippen LogP contribution < -0.4 is 5.32 Å². The van der Waals surface area contributed by atoms with Gasteiger partial charge in [-0.15, -0.1) is 5.10 Å². The molecule has 2 aromatic heterocycles. The predicted molar refractivity (Wildman–Crippen MR) is 86.2 cm³/mol. The summed E-state index contributed by atoms with van der Waals surface area (Å²) in [6, 6.07) is 1.65. The monoisotopic (exact) mass is 357 g/mol. The molecule has 0 aliphatic heterocycles. The lowest BCUT2D eigenvalue weighted by molar-refractivity contribution is -0.144. The summed E-state index contributed by atoms with van der Waals surface area (Å²) in [6.07, 6.45) is 1.03. The third-order valence-corrected chi connectivity index (χ3v) is 4.62. The fraction of sp³-hybridized carbons (Fsp3) is 0.688. The summed E-state index contributed by atoms with van der Waals surface area (Å²) in [5.41, 5.74) is 0.568. The lowest BCUT2D eigenvalue weighted by atomic mass is 9.83. The van der Waals surface area contributed by atoms with E-state index in [1.54, 1.807) is 13.0 Å². The molecular formula is C16H22F3N5O. The van der Waals surface area contributed by atoms with Gasteiger partial charge in [0.1, 0.15) is 5.82 Å². The Morgan fingerprint density at radius 1 is 1.28 bits per heavy atom. The van der Waals surface area contributed by atoms with Crippen molar-refractivity contribution in [2.24, 2.45) is 5.92 Å². The summed E-state index contributed by atoms with van der Waals surface area (Å²) in [4.78, 5) is 7.46. The van der Waals surface area contributed by atoms with Gasteiger partial charge in [-0.25, -0.2) is 4.98 Å². The molecular weight excluding hydrogens is 335 g/mol. The van der Waals surface area contributed by atoms with Crippen LogP contribution in [0.4, 0.5) is 19.0 Å². The molecule has 0 radical (unpaired) electrons. The number of hydrogen-bond acceptors (Lipinski definition) is 5. The van der Waals surface area contributed by atoms with E-state index < -0.39 is 12.0 Å². The third-order valence-electron chi connectivity index (χ3n) is 4.62. The predicted octanol–water partition coefficient (Wildman–Crippen LogP) is 3.19. The summed E-state index contributed by atoms with van der Waals surface area (Å²) in [6.45, 7) is 2.29. The van der Waals surface area contributed by atoms with Crippen molar-refractivity contribution < 1.29 is 18.3 Å². The van der Waals surface area contributed by atoms with Gasteiger partial charge in [0.2, 0.25) is 0 Å². The maximum atomic E-state index is 12.8. The minimum Gasteiger partial charge on any atom is -0.393 e. The molecule has 1 fully saturated rings. The number of aliphatic hydroxyl groups is 1. The normalized spacial score (nSPS) is 21.6. The van der Waals surface area contributed by atoms with Crippen molar-refractivity contribution in [1.82, 2.24) is 19.6 Å². The van der Waals surface area contributed by atoms with Crippen LogP contribution in [0.3, 0.4) is 0 Å². The quantitative estimate of drug-likeness (QED) is 0.804. The van der Waals surface area contributed by atoms with Crippen LogP contribution in [0.2, 0.25) is 0 Å². The molecule has 1 aliphatic carbocycles. The van der Waals surface area contributed by atoms with E-state index in [0.29, 0.717) is 24.0 Å². The Morgan fingerprint density at radius 2 is 2.04 bits per heavy atom. The minimum atomic E-state index is -4.60. The molecule has 0 aromatic carbocycles. The summed E-state index contributed by atoms with van der Waals surface area (Å²) in [5.74, 6) is -0.510. The highest BCUT2D eigenvalue weighted by atomic mass is 19.4. The van der Waals surface area contributed by atoms with Crippen molar-refractivity contribution in [3.8, 4) is 0 Å². The van der Waals surface area contributed by atoms with Crippen molar-refractivity contribution in [3.63, 3.8) is 0 Å². The van der Waals surface area contributed by atoms with E-state index in [1.807, 2.05) is 0 Å². The van der Waals surface area contributed by atoms with Gasteiger partial charge >= 0.3 is 6.18 Å². The van der Waals surface area contributed by atoms with Crippen molar-refractivity contribution >= 4 is 11.6 Å². The fourth-order valence-corrected chi connectivity index (χ4v) is 3.34. The maximum absolute atomic E-state index is 12.8. The van der Waals surface area contributed by atoms with Gasteiger partial charge in [-0.2, -0.15) is 22.7 Å². The Kier molecular flexibility index (Phi) is 5.12. The summed E-state index contributed by atoms with van der Waals surface area (Å²) >= 11 is 0. The second-order valence-corrected chi connectivity index (χ2v) is 6.61. The highest BCUT2D eigenvalue weighted by molar-refractivity contribution is 5.45. The molecule has 3 rings (SSSR count). The first-order valence-electron chi connectivity index (χ1n) is 8.58. The lowest BCUT2D eigenvalue weighted by Gasteiger charge is -2.27. The van der Waals surface area contributed by atoms with Crippen LogP contribution in [-0.2, 0) is 6.18 Å². The molecule has 6 nitrogen and oxygen atoms in total. The van der Waals surface area contributed by atoms with Gasteiger partial charge in [0.25, 0.3) is 11.6 Å². The molecule has 9 heteroatoms. The molecule has 2 N–H and O–H groups in total. The molecule has 2 unspecified atom stereocenters. The van der Waals surface area contributed by atoms with Crippen LogP contribution in [0.15, 0.2) is 6.07 Å². The summed E-state index contributed by atoms with van der Waals surface area (Å²) in [5, 5.41) is 16.6. The molecule has 0 spiro atoms. The molecule has 2 aromatic rings. The number of rotatable bonds is 5. The standard InChI is InChI=1S/C16H22F3N5O/c1-10-9-13(20-8-4-6-11-5-2-3-7-12(11)25)24-15(21-10)22-14(23-24)16(17,18)19/h9,11-12,20,25H,2-8H2,1H3. The first-order chi connectivity index (χ1) is 11.8. The summed E-state index contributed by atoms with van der Waals surface area (Å²) in [7, 11) is 0. The van der Waals surface area contributed by atoms with E-state index in [2.05, 4.69) is 20.4 Å². The topological polar surface area (TPSA) is 75.3 Å². The molecule has 1 aliphatic rings. The van der Waals surface area contributed by atoms with E-state index in [4.69, 9.17) is 0 Å². The van der Waals surface area contributed by atoms with Crippen LogP contribution in [0.1, 0.15) is 50.0 Å². The second-order valence-electron chi connectivity index (χ2n) is 6.61. The SMILES string of the molecule is Cc1cc(NCCCC2CCCCC2O)n2nc(C(F)(F)F)nc2n1. The summed E-state index contributed by atoms with van der Waals surface area (Å²) < 4.78 is 39.5. The largest absolute Gasteiger partial charge is 0.453 e. The molecule has 0 bridgehead atoms. The number of aliphatic hydroxyl groups excluding tert-OH is 1. The lowest BCUT2D eigenvalue weighted by Crippen LogP contribution is -2.24. The average Bonchev–Trinajstić information content (AvgIpc) is 2.97. The molecule has 2 heterocycles. The van der Waals surface area contributed by atoms with Gasteiger partial charge in [-0.3, -0.25) is 0 Å². The first kappa shape index (κ1) is 17.9. The Bertz CT molecular complexity index is 730. The van der Waals surface area contributed by atoms with Crippen LogP contribution in [-0.4, -0.2) is 37.3 Å². The second kappa shape index (κ2) is 7.15. The number of nitrogens with zero attached hydrogens (tertiary/aromatic N) is 4. The molecule has 0 saturated heterocycles. The molecule has 138 valence electrons. The third kappa shape index (κ3) is 4.20. The van der Waals surface area contributed by atoms with Crippen molar-refractivity contribution in [1.29, 1.82) is 0 Å². The Morgan fingerprint density at radius 3 is 2.76 bits per heavy atom. The fourth-order valence-electron chi connectivity index (χ4n) is 3.34. The van der Waals surface area contributed by atoms with Crippen molar-refractivity contribution in [2.75, 3.05) is 11.9 Å². The van der Waals surface area contributed by atoms with Gasteiger partial charge < -0.3 is 10.4 Å². The van der Waals surface area contributed by atoms with Gasteiger partial charge in [-0.05, 0) is 38.5 Å². The number of nitrogens with one attached hydrogen (secondary N) is 1. The Labute approximate surface area is 143 Å². The van der Waals surface area contributed by atoms with Gasteiger partial charge in [0.05, 0.1) is 6.10 Å². The number of anilines is 1. The van der Waals surface area contributed by atoms with Crippen LogP contribution >= 0.6 is 0 Å². The maximum Gasteiger partial charge on any atom is 0.453 e. The highest BCUT2D eigenvalue weighted by Gasteiger charge is 2.36. The Hall–Kier alpha value is -1.90. The van der Waals surface area contributed by atoms with E-state index in [9.17, 15) is 18.3 Å². The number of aromatic nitrogens is 4. The molecule has 1 saturated carbocycles. The Balaban J connectivity index is 1.65. The van der Waals surface area contributed by atoms with E-state index >= 15 is 0 Å². The zero-order chi connectivity index (χ0) is 18.0. The zero-order valence-electron chi connectivity index (χ0n) is 14.1. The molecule has 25 heavy (non-hydrogen) atoms. The number of aryl methyl sites for hydroxylation is 1. The van der Waals surface area contributed by atoms with E-state index in [-0.39, 0.29) is 11.9 Å². The van der Waals surface area contributed by atoms with Gasteiger partial charge in [0, 0.05) is 18.3 Å². The van der Waals surface area contributed by atoms with Gasteiger partial charge in [-0.1, -0.05) is 12.8 Å². The van der Waals surface area contributed by atoms with Gasteiger partial charge in [0.15, 0.2) is 0 Å². The number of fused-ring (bicyclic) bond motifs is 1. The van der Waals surface area contributed by atoms with Crippen molar-refractivity contribution in [2.45, 2.75) is 57.7 Å². The van der Waals surface area contributed by atoms with E-state index in [1.165, 1.54) is 0 Å². The average molecular weight is 357 g/mol. The minimum absolute atomic E-state index is 0.0717. The van der Waals surface area contributed by atoms with Crippen LogP contribution in [0.5, 0.6) is 0 Å². The smallest absolute Gasteiger partial charge is 0.393 e.